The predicted molar refractivity (Wildman–Crippen MR) is 57.5 cm³/mol. The largest absolute Gasteiger partial charge is 0.361 e. The molecule has 4 heteroatoms. The second-order valence-electron chi connectivity index (χ2n) is 3.07. The summed E-state index contributed by atoms with van der Waals surface area (Å²) in [5.74, 6) is -0.473. The van der Waals surface area contributed by atoms with Gasteiger partial charge in [-0.1, -0.05) is 11.6 Å². The van der Waals surface area contributed by atoms with Crippen LogP contribution < -0.4 is 5.43 Å². The number of benzene rings is 1. The SMILES string of the molecule is O=c1cc[nH]c(-c2ccc(F)c(Cl)c2)c1. The predicted octanol–water partition coefficient (Wildman–Crippen LogP) is 2.83. The molecule has 1 N–H and O–H groups in total. The molecule has 0 spiro atoms. The maximum atomic E-state index is 12.9. The van der Waals surface area contributed by atoms with Crippen LogP contribution in [0.3, 0.4) is 0 Å². The van der Waals surface area contributed by atoms with Crippen molar-refractivity contribution in [2.24, 2.45) is 0 Å². The van der Waals surface area contributed by atoms with Gasteiger partial charge >= 0.3 is 0 Å². The highest BCUT2D eigenvalue weighted by atomic mass is 35.5. The summed E-state index contributed by atoms with van der Waals surface area (Å²) < 4.78 is 12.9. The molecule has 0 aliphatic carbocycles. The van der Waals surface area contributed by atoms with E-state index in [0.717, 1.165) is 0 Å². The van der Waals surface area contributed by atoms with E-state index in [-0.39, 0.29) is 10.5 Å². The average Bonchev–Trinajstić information content (AvgIpc) is 2.22. The topological polar surface area (TPSA) is 32.9 Å². The molecule has 0 saturated carbocycles. The van der Waals surface area contributed by atoms with Crippen LogP contribution in [0.25, 0.3) is 11.3 Å². The molecule has 2 nitrogen and oxygen atoms in total. The van der Waals surface area contributed by atoms with Gasteiger partial charge < -0.3 is 4.98 Å². The van der Waals surface area contributed by atoms with Gasteiger partial charge in [0.05, 0.1) is 5.02 Å². The molecule has 2 rings (SSSR count). The van der Waals surface area contributed by atoms with E-state index in [0.29, 0.717) is 11.3 Å². The minimum absolute atomic E-state index is 0.0391. The minimum Gasteiger partial charge on any atom is -0.361 e. The Balaban J connectivity index is 2.55. The van der Waals surface area contributed by atoms with E-state index >= 15 is 0 Å². The van der Waals surface area contributed by atoms with Crippen molar-refractivity contribution in [2.45, 2.75) is 0 Å². The van der Waals surface area contributed by atoms with E-state index in [9.17, 15) is 9.18 Å². The summed E-state index contributed by atoms with van der Waals surface area (Å²) in [4.78, 5) is 14.0. The Morgan fingerprint density at radius 1 is 1.20 bits per heavy atom. The number of halogens is 2. The van der Waals surface area contributed by atoms with Crippen LogP contribution in [0.1, 0.15) is 0 Å². The number of hydrogen-bond donors (Lipinski definition) is 1. The molecule has 0 aliphatic heterocycles. The molecule has 0 amide bonds. The molecule has 0 saturated heterocycles. The summed E-state index contributed by atoms with van der Waals surface area (Å²) in [6, 6.07) is 7.15. The lowest BCUT2D eigenvalue weighted by Gasteiger charge is -2.02. The smallest absolute Gasteiger partial charge is 0.182 e. The zero-order valence-corrected chi connectivity index (χ0v) is 8.38. The van der Waals surface area contributed by atoms with Crippen LogP contribution in [0.4, 0.5) is 4.39 Å². The number of H-pyrrole nitrogens is 1. The monoisotopic (exact) mass is 223 g/mol. The van der Waals surface area contributed by atoms with Crippen LogP contribution in [-0.4, -0.2) is 4.98 Å². The maximum absolute atomic E-state index is 12.9. The van der Waals surface area contributed by atoms with Crippen molar-refractivity contribution >= 4 is 11.6 Å². The van der Waals surface area contributed by atoms with Gasteiger partial charge in [0.15, 0.2) is 5.43 Å². The Morgan fingerprint density at radius 2 is 2.00 bits per heavy atom. The van der Waals surface area contributed by atoms with E-state index in [1.54, 1.807) is 6.07 Å². The quantitative estimate of drug-likeness (QED) is 0.792. The van der Waals surface area contributed by atoms with Gasteiger partial charge in [0.1, 0.15) is 5.82 Å². The first-order chi connectivity index (χ1) is 7.16. The van der Waals surface area contributed by atoms with Gasteiger partial charge in [-0.3, -0.25) is 4.79 Å². The molecule has 1 heterocycles. The standard InChI is InChI=1S/C11H7ClFNO/c12-9-5-7(1-2-10(9)13)11-6-8(15)3-4-14-11/h1-6H,(H,14,15). The van der Waals surface area contributed by atoms with Crippen LogP contribution >= 0.6 is 11.6 Å². The van der Waals surface area contributed by atoms with Crippen molar-refractivity contribution < 1.29 is 4.39 Å². The molecule has 0 atom stereocenters. The van der Waals surface area contributed by atoms with E-state index in [2.05, 4.69) is 4.98 Å². The Morgan fingerprint density at radius 3 is 2.67 bits per heavy atom. The highest BCUT2D eigenvalue weighted by Gasteiger charge is 2.03. The molecule has 0 bridgehead atoms. The first kappa shape index (κ1) is 9.93. The molecule has 0 unspecified atom stereocenters. The molecular formula is C11H7ClFNO. The minimum atomic E-state index is -0.473. The molecule has 1 aromatic carbocycles. The van der Waals surface area contributed by atoms with Crippen molar-refractivity contribution in [3.05, 3.63) is 57.6 Å². The fourth-order valence-electron chi connectivity index (χ4n) is 1.28. The van der Waals surface area contributed by atoms with Crippen LogP contribution in [-0.2, 0) is 0 Å². The first-order valence-electron chi connectivity index (χ1n) is 4.31. The Labute approximate surface area is 90.3 Å². The Kier molecular flexibility index (Phi) is 2.56. The maximum Gasteiger partial charge on any atom is 0.182 e. The van der Waals surface area contributed by atoms with Crippen molar-refractivity contribution in [2.75, 3.05) is 0 Å². The number of pyridine rings is 1. The third-order valence-corrected chi connectivity index (χ3v) is 2.29. The summed E-state index contributed by atoms with van der Waals surface area (Å²) in [6.07, 6.45) is 1.54. The summed E-state index contributed by atoms with van der Waals surface area (Å²) in [7, 11) is 0. The lowest BCUT2D eigenvalue weighted by atomic mass is 10.1. The fourth-order valence-corrected chi connectivity index (χ4v) is 1.46. The zero-order valence-electron chi connectivity index (χ0n) is 7.63. The summed E-state index contributed by atoms with van der Waals surface area (Å²) in [5.41, 5.74) is 1.19. The van der Waals surface area contributed by atoms with Crippen molar-refractivity contribution in [3.63, 3.8) is 0 Å². The summed E-state index contributed by atoms with van der Waals surface area (Å²) in [6.45, 7) is 0. The normalized spacial score (nSPS) is 10.3. The third-order valence-electron chi connectivity index (χ3n) is 2.00. The van der Waals surface area contributed by atoms with E-state index < -0.39 is 5.82 Å². The Bertz CT molecular complexity index is 550. The highest BCUT2D eigenvalue weighted by Crippen LogP contribution is 2.22. The lowest BCUT2D eigenvalue weighted by molar-refractivity contribution is 0.628. The van der Waals surface area contributed by atoms with Crippen LogP contribution in [0.2, 0.25) is 5.02 Å². The fraction of sp³-hybridized carbons (Fsp3) is 0. The molecular weight excluding hydrogens is 217 g/mol. The number of aromatic amines is 1. The van der Waals surface area contributed by atoms with Crippen molar-refractivity contribution in [1.82, 2.24) is 4.98 Å². The molecule has 1 aromatic heterocycles. The highest BCUT2D eigenvalue weighted by molar-refractivity contribution is 6.31. The van der Waals surface area contributed by atoms with Crippen molar-refractivity contribution in [3.8, 4) is 11.3 Å². The van der Waals surface area contributed by atoms with Gasteiger partial charge in [-0.05, 0) is 23.8 Å². The van der Waals surface area contributed by atoms with Gasteiger partial charge in [-0.15, -0.1) is 0 Å². The molecule has 2 aromatic rings. The lowest BCUT2D eigenvalue weighted by Crippen LogP contribution is -1.98. The van der Waals surface area contributed by atoms with E-state index in [1.807, 2.05) is 0 Å². The van der Waals surface area contributed by atoms with Gasteiger partial charge in [-0.2, -0.15) is 0 Å². The van der Waals surface area contributed by atoms with Crippen LogP contribution in [0, 0.1) is 5.82 Å². The Hall–Kier alpha value is -1.61. The first-order valence-corrected chi connectivity index (χ1v) is 4.69. The number of hydrogen-bond acceptors (Lipinski definition) is 1. The second-order valence-corrected chi connectivity index (χ2v) is 3.47. The van der Waals surface area contributed by atoms with Gasteiger partial charge in [0.25, 0.3) is 0 Å². The van der Waals surface area contributed by atoms with Gasteiger partial charge in [0, 0.05) is 24.0 Å². The number of nitrogens with one attached hydrogen (secondary N) is 1. The molecule has 76 valence electrons. The molecule has 0 fully saturated rings. The van der Waals surface area contributed by atoms with Gasteiger partial charge in [-0.25, -0.2) is 4.39 Å². The molecule has 0 radical (unpaired) electrons. The average molecular weight is 224 g/mol. The molecule has 0 aliphatic rings. The molecule has 15 heavy (non-hydrogen) atoms. The third kappa shape index (κ3) is 2.07. The van der Waals surface area contributed by atoms with Crippen LogP contribution in [0.5, 0.6) is 0 Å². The van der Waals surface area contributed by atoms with E-state index in [1.165, 1.54) is 30.5 Å². The van der Waals surface area contributed by atoms with E-state index in [4.69, 9.17) is 11.6 Å². The summed E-state index contributed by atoms with van der Waals surface area (Å²) in [5, 5.41) is 0.0391. The second kappa shape index (κ2) is 3.87. The van der Waals surface area contributed by atoms with Gasteiger partial charge in [0.2, 0.25) is 0 Å². The van der Waals surface area contributed by atoms with Crippen LogP contribution in [0.15, 0.2) is 41.3 Å². The van der Waals surface area contributed by atoms with Crippen molar-refractivity contribution in [1.29, 1.82) is 0 Å². The summed E-state index contributed by atoms with van der Waals surface area (Å²) >= 11 is 5.64. The number of rotatable bonds is 1. The number of aromatic nitrogens is 1. The zero-order chi connectivity index (χ0) is 10.8.